The van der Waals surface area contributed by atoms with E-state index in [9.17, 15) is 13.5 Å². The molecule has 0 amide bonds. The molecule has 0 saturated carbocycles. The predicted octanol–water partition coefficient (Wildman–Crippen LogP) is 0.358. The van der Waals surface area contributed by atoms with Crippen molar-refractivity contribution in [1.29, 1.82) is 0 Å². The van der Waals surface area contributed by atoms with E-state index in [-0.39, 0.29) is 5.92 Å². The number of imidazole rings is 1. The van der Waals surface area contributed by atoms with Crippen LogP contribution in [0, 0.1) is 5.92 Å². The summed E-state index contributed by atoms with van der Waals surface area (Å²) in [6.07, 6.45) is 6.08. The third kappa shape index (κ3) is 3.82. The van der Waals surface area contributed by atoms with Crippen molar-refractivity contribution in [3.63, 3.8) is 0 Å². The molecule has 148 valence electrons. The normalized spacial score (nSPS) is 28.4. The minimum atomic E-state index is -3.44. The molecule has 0 radical (unpaired) electrons. The maximum absolute atomic E-state index is 12.5. The highest BCUT2D eigenvalue weighted by Crippen LogP contribution is 2.36. The lowest BCUT2D eigenvalue weighted by molar-refractivity contribution is -0.103. The average molecular weight is 386 g/mol. The molecule has 2 aliphatic rings. The highest BCUT2D eigenvalue weighted by atomic mass is 32.2. The van der Waals surface area contributed by atoms with E-state index in [1.807, 2.05) is 12.4 Å². The first-order valence-electron chi connectivity index (χ1n) is 9.38. The van der Waals surface area contributed by atoms with E-state index in [0.717, 1.165) is 31.9 Å². The molecule has 9 heteroatoms. The lowest BCUT2D eigenvalue weighted by Gasteiger charge is -2.50. The molecule has 26 heavy (non-hydrogen) atoms. The van der Waals surface area contributed by atoms with Crippen LogP contribution in [0.15, 0.2) is 12.4 Å². The standard InChI is InChI=1S/C17H31N5O3S/c1-4-8-21-11-7-18-16(21)14-20-9-5-17(23)6-10-22(13-15(17)12-20)26(24,25)19(2)3/h7,11,15,23H,4-6,8-10,12-14H2,1-3H3/t15-,17-/m0/s1. The second-order valence-corrected chi connectivity index (χ2v) is 9.86. The van der Waals surface area contributed by atoms with Gasteiger partial charge in [0.2, 0.25) is 0 Å². The fraction of sp³-hybridized carbons (Fsp3) is 0.824. The fourth-order valence-electron chi connectivity index (χ4n) is 4.06. The number of aryl methyl sites for hydroxylation is 1. The SMILES string of the molecule is CCCn1ccnc1CN1CC[C@]2(O)CCN(S(=O)(=O)N(C)C)C[C@@H]2C1. The first-order chi connectivity index (χ1) is 12.3. The van der Waals surface area contributed by atoms with Crippen molar-refractivity contribution in [2.75, 3.05) is 40.3 Å². The Morgan fingerprint density at radius 2 is 2.04 bits per heavy atom. The molecule has 0 unspecified atom stereocenters. The van der Waals surface area contributed by atoms with Crippen molar-refractivity contribution in [3.8, 4) is 0 Å². The molecule has 1 aromatic rings. The van der Waals surface area contributed by atoms with Crippen LogP contribution in [0.3, 0.4) is 0 Å². The minimum Gasteiger partial charge on any atom is -0.389 e. The number of likely N-dealkylation sites (tertiary alicyclic amines) is 1. The highest BCUT2D eigenvalue weighted by Gasteiger charge is 2.47. The van der Waals surface area contributed by atoms with Gasteiger partial charge in [-0.3, -0.25) is 4.90 Å². The lowest BCUT2D eigenvalue weighted by atomic mass is 9.76. The average Bonchev–Trinajstić information content (AvgIpc) is 3.02. The Kier molecular flexibility index (Phi) is 5.74. The van der Waals surface area contributed by atoms with Crippen LogP contribution in [0.5, 0.6) is 0 Å². The maximum Gasteiger partial charge on any atom is 0.281 e. The second kappa shape index (κ2) is 7.55. The lowest BCUT2D eigenvalue weighted by Crippen LogP contribution is -2.61. The summed E-state index contributed by atoms with van der Waals surface area (Å²) >= 11 is 0. The second-order valence-electron chi connectivity index (χ2n) is 7.72. The number of aromatic nitrogens is 2. The van der Waals surface area contributed by atoms with Crippen LogP contribution in [0.25, 0.3) is 0 Å². The van der Waals surface area contributed by atoms with E-state index in [0.29, 0.717) is 32.5 Å². The van der Waals surface area contributed by atoms with Gasteiger partial charge in [0.25, 0.3) is 10.2 Å². The van der Waals surface area contributed by atoms with Crippen LogP contribution in [-0.2, 0) is 23.3 Å². The van der Waals surface area contributed by atoms with Gasteiger partial charge in [-0.1, -0.05) is 6.92 Å². The Morgan fingerprint density at radius 3 is 2.73 bits per heavy atom. The molecule has 1 aromatic heterocycles. The Morgan fingerprint density at radius 1 is 1.31 bits per heavy atom. The summed E-state index contributed by atoms with van der Waals surface area (Å²) in [5.41, 5.74) is -0.756. The number of hydrogen-bond donors (Lipinski definition) is 1. The van der Waals surface area contributed by atoms with Gasteiger partial charge in [-0.2, -0.15) is 17.0 Å². The zero-order chi connectivity index (χ0) is 18.9. The molecule has 0 aliphatic carbocycles. The number of fused-ring (bicyclic) bond motifs is 1. The largest absolute Gasteiger partial charge is 0.389 e. The van der Waals surface area contributed by atoms with Gasteiger partial charge < -0.3 is 9.67 Å². The maximum atomic E-state index is 12.5. The molecule has 2 atom stereocenters. The van der Waals surface area contributed by atoms with Crippen LogP contribution < -0.4 is 0 Å². The van der Waals surface area contributed by atoms with Crippen molar-refractivity contribution in [2.45, 2.75) is 44.9 Å². The molecule has 3 heterocycles. The molecular formula is C17H31N5O3S. The molecule has 0 spiro atoms. The minimum absolute atomic E-state index is 0.0747. The zero-order valence-electron chi connectivity index (χ0n) is 16.0. The van der Waals surface area contributed by atoms with Crippen LogP contribution >= 0.6 is 0 Å². The summed E-state index contributed by atoms with van der Waals surface area (Å²) in [5, 5.41) is 11.0. The molecule has 8 nitrogen and oxygen atoms in total. The summed E-state index contributed by atoms with van der Waals surface area (Å²) in [6.45, 7) is 6.09. The zero-order valence-corrected chi connectivity index (χ0v) is 16.8. The molecule has 2 aliphatic heterocycles. The van der Waals surface area contributed by atoms with Gasteiger partial charge in [0.1, 0.15) is 5.82 Å². The number of nitrogens with zero attached hydrogens (tertiary/aromatic N) is 5. The molecule has 0 bridgehead atoms. The first kappa shape index (κ1) is 19.8. The van der Waals surface area contributed by atoms with E-state index in [4.69, 9.17) is 0 Å². The Labute approximate surface area is 156 Å². The van der Waals surface area contributed by atoms with Crippen molar-refractivity contribution >= 4 is 10.2 Å². The van der Waals surface area contributed by atoms with Gasteiger partial charge in [-0.05, 0) is 19.3 Å². The third-order valence-corrected chi connectivity index (χ3v) is 7.64. The molecule has 2 saturated heterocycles. The number of aliphatic hydroxyl groups is 1. The number of rotatable bonds is 6. The first-order valence-corrected chi connectivity index (χ1v) is 10.8. The molecule has 0 aromatic carbocycles. The summed E-state index contributed by atoms with van der Waals surface area (Å²) in [5.74, 6) is 0.959. The molecule has 1 N–H and O–H groups in total. The molecule has 2 fully saturated rings. The Balaban J connectivity index is 1.69. The van der Waals surface area contributed by atoms with Crippen molar-refractivity contribution in [1.82, 2.24) is 23.1 Å². The Hall–Kier alpha value is -1.00. The van der Waals surface area contributed by atoms with E-state index >= 15 is 0 Å². The molecule has 3 rings (SSSR count). The van der Waals surface area contributed by atoms with Gasteiger partial charge in [-0.15, -0.1) is 0 Å². The fourth-order valence-corrected chi connectivity index (χ4v) is 5.21. The Bertz CT molecular complexity index is 720. The summed E-state index contributed by atoms with van der Waals surface area (Å²) < 4.78 is 29.9. The predicted molar refractivity (Wildman–Crippen MR) is 99.6 cm³/mol. The number of hydrogen-bond acceptors (Lipinski definition) is 5. The van der Waals surface area contributed by atoms with Crippen LogP contribution in [-0.4, -0.2) is 82.5 Å². The van der Waals surface area contributed by atoms with Crippen molar-refractivity contribution in [2.24, 2.45) is 5.92 Å². The quantitative estimate of drug-likeness (QED) is 0.765. The van der Waals surface area contributed by atoms with E-state index < -0.39 is 15.8 Å². The van der Waals surface area contributed by atoms with E-state index in [1.54, 1.807) is 14.1 Å². The van der Waals surface area contributed by atoms with Gasteiger partial charge in [0, 0.05) is 65.1 Å². The summed E-state index contributed by atoms with van der Waals surface area (Å²) in [7, 11) is -0.333. The topological polar surface area (TPSA) is 81.9 Å². The van der Waals surface area contributed by atoms with E-state index in [1.165, 1.54) is 8.61 Å². The van der Waals surface area contributed by atoms with Crippen LogP contribution in [0.1, 0.15) is 32.0 Å². The summed E-state index contributed by atoms with van der Waals surface area (Å²) in [4.78, 5) is 6.76. The highest BCUT2D eigenvalue weighted by molar-refractivity contribution is 7.86. The summed E-state index contributed by atoms with van der Waals surface area (Å²) in [6, 6.07) is 0. The monoisotopic (exact) mass is 385 g/mol. The van der Waals surface area contributed by atoms with Gasteiger partial charge in [0.15, 0.2) is 0 Å². The van der Waals surface area contributed by atoms with Crippen LogP contribution in [0.2, 0.25) is 0 Å². The van der Waals surface area contributed by atoms with Gasteiger partial charge in [0.05, 0.1) is 12.1 Å². The third-order valence-electron chi connectivity index (χ3n) is 5.74. The van der Waals surface area contributed by atoms with E-state index in [2.05, 4.69) is 21.4 Å². The van der Waals surface area contributed by atoms with Gasteiger partial charge >= 0.3 is 0 Å². The van der Waals surface area contributed by atoms with Crippen molar-refractivity contribution in [3.05, 3.63) is 18.2 Å². The number of piperidine rings is 2. The smallest absolute Gasteiger partial charge is 0.281 e. The van der Waals surface area contributed by atoms with Crippen molar-refractivity contribution < 1.29 is 13.5 Å². The molecular weight excluding hydrogens is 354 g/mol. The van der Waals surface area contributed by atoms with Gasteiger partial charge in [-0.25, -0.2) is 4.98 Å². The van der Waals surface area contributed by atoms with Crippen LogP contribution in [0.4, 0.5) is 0 Å².